The molecule has 0 saturated carbocycles. The molecule has 0 radical (unpaired) electrons. The Morgan fingerprint density at radius 3 is 0.694 bits per heavy atom. The maximum atomic E-state index is 13.1. The first-order chi connectivity index (χ1) is 47.4. The van der Waals surface area contributed by atoms with E-state index in [1.165, 1.54) is 231 Å². The van der Waals surface area contributed by atoms with E-state index in [0.29, 0.717) is 25.7 Å². The van der Waals surface area contributed by atoms with Gasteiger partial charge in [-0.25, -0.2) is 9.13 Å². The zero-order valence-corrected chi connectivity index (χ0v) is 65.9. The Bertz CT molecular complexity index is 1890. The topological polar surface area (TPSA) is 237 Å². The highest BCUT2D eigenvalue weighted by Crippen LogP contribution is 2.45. The van der Waals surface area contributed by atoms with Crippen LogP contribution in [-0.2, 0) is 65.4 Å². The largest absolute Gasteiger partial charge is 0.472 e. The molecule has 2 unspecified atom stereocenters. The van der Waals surface area contributed by atoms with Gasteiger partial charge in [0.2, 0.25) is 0 Å². The zero-order chi connectivity index (χ0) is 72.1. The van der Waals surface area contributed by atoms with Crippen molar-refractivity contribution in [2.24, 2.45) is 11.8 Å². The number of aliphatic hydroxyl groups excluding tert-OH is 1. The van der Waals surface area contributed by atoms with Gasteiger partial charge < -0.3 is 33.8 Å². The molecule has 98 heavy (non-hydrogen) atoms. The summed E-state index contributed by atoms with van der Waals surface area (Å²) in [7, 11) is -9.92. The van der Waals surface area contributed by atoms with E-state index < -0.39 is 97.5 Å². The molecule has 0 aromatic heterocycles. The lowest BCUT2D eigenvalue weighted by Gasteiger charge is -2.21. The highest BCUT2D eigenvalue weighted by molar-refractivity contribution is 7.47. The maximum Gasteiger partial charge on any atom is 0.472 e. The standard InChI is InChI=1S/C79H154O17P2/c1-7-9-11-13-15-17-19-21-23-25-26-27-28-30-32-34-36-45-51-57-63-78(83)95-74(67-89-76(81)61-55-49-43-35-33-31-29-24-22-20-18-16-14-12-10-8-2)69-93-97(85,86)91-65-73(80)66-92-98(87,88)94-70-75(96-79(84)64-58-52-46-40-38-42-48-54-60-72(5)6)68-90-77(82)62-56-50-44-39-37-41-47-53-59-71(3)4/h71-75,80H,7-70H2,1-6H3,(H,85,86)(H,87,88)/t73-,74-,75-/m1/s1. The second-order valence-electron chi connectivity index (χ2n) is 29.4. The number of phosphoric acid groups is 2. The van der Waals surface area contributed by atoms with Crippen LogP contribution in [0.5, 0.6) is 0 Å². The number of carbonyl (C=O) groups is 4. The number of hydrogen-bond donors (Lipinski definition) is 3. The molecular formula is C79H154O17P2. The third kappa shape index (κ3) is 72.4. The molecule has 5 atom stereocenters. The fourth-order valence-electron chi connectivity index (χ4n) is 12.2. The second-order valence-corrected chi connectivity index (χ2v) is 32.3. The summed E-state index contributed by atoms with van der Waals surface area (Å²) in [4.78, 5) is 72.9. The monoisotopic (exact) mass is 1440 g/mol. The average molecular weight is 1440 g/mol. The zero-order valence-electron chi connectivity index (χ0n) is 64.1. The molecule has 0 aliphatic rings. The maximum absolute atomic E-state index is 13.1. The normalized spacial score (nSPS) is 13.9. The van der Waals surface area contributed by atoms with Crippen molar-refractivity contribution in [1.82, 2.24) is 0 Å². The van der Waals surface area contributed by atoms with Gasteiger partial charge in [-0.15, -0.1) is 0 Å². The minimum Gasteiger partial charge on any atom is -0.462 e. The predicted molar refractivity (Wildman–Crippen MR) is 400 cm³/mol. The van der Waals surface area contributed by atoms with Crippen LogP contribution in [0.25, 0.3) is 0 Å². The number of hydrogen-bond acceptors (Lipinski definition) is 15. The number of esters is 4. The fourth-order valence-corrected chi connectivity index (χ4v) is 13.8. The number of unbranched alkanes of at least 4 members (excludes halogenated alkanes) is 48. The molecule has 0 aliphatic carbocycles. The molecule has 0 spiro atoms. The van der Waals surface area contributed by atoms with Crippen molar-refractivity contribution >= 4 is 39.5 Å². The molecule has 17 nitrogen and oxygen atoms in total. The molecule has 0 aromatic rings. The molecule has 0 fully saturated rings. The smallest absolute Gasteiger partial charge is 0.462 e. The molecule has 0 aromatic carbocycles. The van der Waals surface area contributed by atoms with Gasteiger partial charge in [-0.3, -0.25) is 37.3 Å². The van der Waals surface area contributed by atoms with E-state index in [2.05, 4.69) is 41.5 Å². The summed E-state index contributed by atoms with van der Waals surface area (Å²) in [5.74, 6) is -0.669. The first-order valence-corrected chi connectivity index (χ1v) is 44.0. The number of phosphoric ester groups is 2. The van der Waals surface area contributed by atoms with Crippen LogP contribution in [-0.4, -0.2) is 96.7 Å². The van der Waals surface area contributed by atoms with Gasteiger partial charge >= 0.3 is 39.5 Å². The third-order valence-corrected chi connectivity index (χ3v) is 20.4. The minimum absolute atomic E-state index is 0.104. The lowest BCUT2D eigenvalue weighted by molar-refractivity contribution is -0.161. The summed E-state index contributed by atoms with van der Waals surface area (Å²) in [6.45, 7) is 9.54. The van der Waals surface area contributed by atoms with Gasteiger partial charge in [0.15, 0.2) is 12.2 Å². The average Bonchev–Trinajstić information content (AvgIpc) is 1.01. The molecule has 0 saturated heterocycles. The predicted octanol–water partition coefficient (Wildman–Crippen LogP) is 23.5. The summed E-state index contributed by atoms with van der Waals surface area (Å²) in [6.07, 6.45) is 59.8. The van der Waals surface area contributed by atoms with Crippen molar-refractivity contribution in [3.8, 4) is 0 Å². The highest BCUT2D eigenvalue weighted by Gasteiger charge is 2.30. The fraction of sp³-hybridized carbons (Fsp3) is 0.949. The minimum atomic E-state index is -4.96. The van der Waals surface area contributed by atoms with Gasteiger partial charge in [-0.1, -0.05) is 363 Å². The van der Waals surface area contributed by atoms with E-state index in [0.717, 1.165) is 102 Å². The Hall–Kier alpha value is -1.94. The summed E-state index contributed by atoms with van der Waals surface area (Å²) in [5.41, 5.74) is 0. The number of carbonyl (C=O) groups excluding carboxylic acids is 4. The van der Waals surface area contributed by atoms with Gasteiger partial charge in [0, 0.05) is 25.7 Å². The van der Waals surface area contributed by atoms with Gasteiger partial charge in [0.1, 0.15) is 19.3 Å². The van der Waals surface area contributed by atoms with E-state index in [4.69, 9.17) is 37.0 Å². The van der Waals surface area contributed by atoms with Crippen LogP contribution in [0.15, 0.2) is 0 Å². The van der Waals surface area contributed by atoms with Crippen LogP contribution in [0.2, 0.25) is 0 Å². The lowest BCUT2D eigenvalue weighted by atomic mass is 10.0. The van der Waals surface area contributed by atoms with Gasteiger partial charge in [-0.2, -0.15) is 0 Å². The quantitative estimate of drug-likeness (QED) is 0.0222. The Labute approximate surface area is 600 Å². The Morgan fingerprint density at radius 1 is 0.276 bits per heavy atom. The summed E-state index contributed by atoms with van der Waals surface area (Å²) < 4.78 is 68.6. The molecule has 0 rings (SSSR count). The van der Waals surface area contributed by atoms with Crippen molar-refractivity contribution in [2.75, 3.05) is 39.6 Å². The van der Waals surface area contributed by atoms with E-state index in [9.17, 15) is 43.2 Å². The van der Waals surface area contributed by atoms with E-state index >= 15 is 0 Å². The van der Waals surface area contributed by atoms with Crippen LogP contribution in [0.3, 0.4) is 0 Å². The van der Waals surface area contributed by atoms with E-state index in [1.54, 1.807) is 0 Å². The number of rotatable bonds is 78. The van der Waals surface area contributed by atoms with Crippen LogP contribution < -0.4 is 0 Å². The van der Waals surface area contributed by atoms with Crippen LogP contribution in [0.4, 0.5) is 0 Å². The number of aliphatic hydroxyl groups is 1. The van der Waals surface area contributed by atoms with E-state index in [1.807, 2.05) is 0 Å². The van der Waals surface area contributed by atoms with Gasteiger partial charge in [0.25, 0.3) is 0 Å². The third-order valence-electron chi connectivity index (χ3n) is 18.5. The summed E-state index contributed by atoms with van der Waals surface area (Å²) in [5, 5.41) is 10.6. The second kappa shape index (κ2) is 70.7. The first kappa shape index (κ1) is 96.1. The molecule has 3 N–H and O–H groups in total. The Morgan fingerprint density at radius 2 is 0.469 bits per heavy atom. The Balaban J connectivity index is 5.22. The summed E-state index contributed by atoms with van der Waals surface area (Å²) in [6, 6.07) is 0. The van der Waals surface area contributed by atoms with Crippen molar-refractivity contribution in [2.45, 2.75) is 432 Å². The van der Waals surface area contributed by atoms with Crippen molar-refractivity contribution < 1.29 is 80.2 Å². The van der Waals surface area contributed by atoms with Crippen LogP contribution in [0.1, 0.15) is 414 Å². The van der Waals surface area contributed by atoms with Crippen LogP contribution >= 0.6 is 15.6 Å². The van der Waals surface area contributed by atoms with Crippen molar-refractivity contribution in [3.05, 3.63) is 0 Å². The molecule has 582 valence electrons. The first-order valence-electron chi connectivity index (χ1n) is 41.0. The molecule has 0 bridgehead atoms. The van der Waals surface area contributed by atoms with E-state index in [-0.39, 0.29) is 25.7 Å². The summed E-state index contributed by atoms with van der Waals surface area (Å²) >= 11 is 0. The Kier molecular flexibility index (Phi) is 69.3. The van der Waals surface area contributed by atoms with Gasteiger partial charge in [-0.05, 0) is 37.5 Å². The van der Waals surface area contributed by atoms with Crippen molar-refractivity contribution in [1.29, 1.82) is 0 Å². The number of ether oxygens (including phenoxy) is 4. The molecule has 0 aliphatic heterocycles. The molecule has 0 amide bonds. The lowest BCUT2D eigenvalue weighted by Crippen LogP contribution is -2.30. The van der Waals surface area contributed by atoms with Crippen LogP contribution in [0, 0.1) is 11.8 Å². The van der Waals surface area contributed by atoms with Gasteiger partial charge in [0.05, 0.1) is 26.4 Å². The molecule has 19 heteroatoms. The molecule has 0 heterocycles. The highest BCUT2D eigenvalue weighted by atomic mass is 31.2. The SMILES string of the molecule is CCCCCCCCCCCCCCCCCCCCCCC(=O)O[C@H](COC(=O)CCCCCCCCCCCCCCCCCC)COP(=O)(O)OC[C@@H](O)COP(=O)(O)OC[C@@H](COC(=O)CCCCCCCCCCC(C)C)OC(=O)CCCCCCCCCCC(C)C. The van der Waals surface area contributed by atoms with Crippen molar-refractivity contribution in [3.63, 3.8) is 0 Å². The molecular weight excluding hydrogens is 1280 g/mol.